The Kier molecular flexibility index (Phi) is 5.72. The van der Waals surface area contributed by atoms with Crippen molar-refractivity contribution in [2.24, 2.45) is 0 Å². The van der Waals surface area contributed by atoms with E-state index < -0.39 is 17.8 Å². The Labute approximate surface area is 188 Å². The van der Waals surface area contributed by atoms with Gasteiger partial charge in [0, 0.05) is 27.7 Å². The summed E-state index contributed by atoms with van der Waals surface area (Å²) in [6.07, 6.45) is -4.69. The van der Waals surface area contributed by atoms with Gasteiger partial charge in [-0.3, -0.25) is 4.79 Å². The smallest absolute Gasteiger partial charge is 0.347 e. The van der Waals surface area contributed by atoms with Crippen molar-refractivity contribution in [3.8, 4) is 11.3 Å². The van der Waals surface area contributed by atoms with Gasteiger partial charge in [-0.25, -0.2) is 9.50 Å². The fourth-order valence-electron chi connectivity index (χ4n) is 2.93. The van der Waals surface area contributed by atoms with Crippen molar-refractivity contribution in [3.05, 3.63) is 87.1 Å². The Morgan fingerprint density at radius 1 is 1.06 bits per heavy atom. The lowest BCUT2D eigenvalue weighted by atomic mass is 10.1. The summed E-state index contributed by atoms with van der Waals surface area (Å²) in [6, 6.07) is 15.7. The quantitative estimate of drug-likeness (QED) is 0.380. The average Bonchev–Trinajstić information content (AvgIpc) is 3.16. The number of hydrogen-bond donors (Lipinski definition) is 1. The number of alkyl halides is 3. The minimum atomic E-state index is -4.69. The first-order chi connectivity index (χ1) is 14.7. The van der Waals surface area contributed by atoms with Crippen molar-refractivity contribution >= 4 is 39.1 Å². The summed E-state index contributed by atoms with van der Waals surface area (Å²) < 4.78 is 42.5. The normalized spacial score (nSPS) is 11.6. The van der Waals surface area contributed by atoms with E-state index in [4.69, 9.17) is 11.6 Å². The molecule has 31 heavy (non-hydrogen) atoms. The third-order valence-corrected chi connectivity index (χ3v) is 5.24. The highest BCUT2D eigenvalue weighted by molar-refractivity contribution is 9.10. The Morgan fingerprint density at radius 2 is 1.74 bits per heavy atom. The van der Waals surface area contributed by atoms with Crippen molar-refractivity contribution in [1.82, 2.24) is 19.9 Å². The van der Waals surface area contributed by atoms with Crippen LogP contribution in [0.25, 0.3) is 16.9 Å². The fraction of sp³-hybridized carbons (Fsp3) is 0.0952. The number of hydrogen-bond acceptors (Lipinski definition) is 3. The summed E-state index contributed by atoms with van der Waals surface area (Å²) in [7, 11) is 0. The van der Waals surface area contributed by atoms with Gasteiger partial charge in [-0.05, 0) is 35.9 Å². The molecule has 2 heterocycles. The zero-order valence-corrected chi connectivity index (χ0v) is 18.0. The van der Waals surface area contributed by atoms with Gasteiger partial charge in [0.2, 0.25) is 0 Å². The first-order valence-electron chi connectivity index (χ1n) is 8.97. The maximum Gasteiger partial charge on any atom is 0.433 e. The number of amides is 1. The first kappa shape index (κ1) is 21.3. The van der Waals surface area contributed by atoms with Crippen LogP contribution in [0.5, 0.6) is 0 Å². The number of rotatable bonds is 4. The van der Waals surface area contributed by atoms with Gasteiger partial charge in [-0.15, -0.1) is 0 Å². The van der Waals surface area contributed by atoms with E-state index in [0.29, 0.717) is 15.1 Å². The highest BCUT2D eigenvalue weighted by atomic mass is 79.9. The van der Waals surface area contributed by atoms with E-state index in [1.165, 1.54) is 6.07 Å². The predicted octanol–water partition coefficient (Wildman–Crippen LogP) is 5.76. The molecule has 0 aliphatic carbocycles. The Hall–Kier alpha value is -2.91. The summed E-state index contributed by atoms with van der Waals surface area (Å²) in [6.45, 7) is 0.174. The molecule has 1 amide bonds. The second-order valence-electron chi connectivity index (χ2n) is 6.64. The van der Waals surface area contributed by atoms with Crippen LogP contribution in [0.1, 0.15) is 21.7 Å². The lowest BCUT2D eigenvalue weighted by Crippen LogP contribution is -2.23. The van der Waals surface area contributed by atoms with E-state index in [0.717, 1.165) is 16.1 Å². The number of nitrogens with one attached hydrogen (secondary N) is 1. The SMILES string of the molecule is O=C(NCc1ccc(Cl)cc1)c1cc2nc(-c3ccc(Br)cc3)cc(C(F)(F)F)n2n1. The molecule has 5 nitrogen and oxygen atoms in total. The molecule has 4 aromatic rings. The van der Waals surface area contributed by atoms with Crippen LogP contribution in [0.15, 0.2) is 65.1 Å². The minimum absolute atomic E-state index is 0.0793. The molecule has 0 spiro atoms. The van der Waals surface area contributed by atoms with E-state index in [-0.39, 0.29) is 23.6 Å². The molecule has 0 bridgehead atoms. The maximum absolute atomic E-state index is 13.7. The molecule has 0 fully saturated rings. The van der Waals surface area contributed by atoms with Crippen molar-refractivity contribution in [1.29, 1.82) is 0 Å². The number of nitrogens with zero attached hydrogens (tertiary/aromatic N) is 3. The van der Waals surface area contributed by atoms with Crippen LogP contribution in [0, 0.1) is 0 Å². The van der Waals surface area contributed by atoms with Crippen LogP contribution in [0.4, 0.5) is 13.2 Å². The van der Waals surface area contributed by atoms with Gasteiger partial charge in [-0.1, -0.05) is 51.8 Å². The second-order valence-corrected chi connectivity index (χ2v) is 7.99. The maximum atomic E-state index is 13.7. The molecular weight excluding hydrogens is 497 g/mol. The Balaban J connectivity index is 1.68. The average molecular weight is 510 g/mol. The third kappa shape index (κ3) is 4.72. The summed E-state index contributed by atoms with van der Waals surface area (Å²) >= 11 is 9.12. The van der Waals surface area contributed by atoms with Crippen molar-refractivity contribution in [2.75, 3.05) is 0 Å². The molecule has 0 unspecified atom stereocenters. The van der Waals surface area contributed by atoms with Crippen molar-refractivity contribution in [2.45, 2.75) is 12.7 Å². The Bertz CT molecular complexity index is 1250. The van der Waals surface area contributed by atoms with E-state index in [1.54, 1.807) is 48.5 Å². The standard InChI is InChI=1S/C21H13BrClF3N4O/c22-14-5-3-13(4-6-14)16-9-18(21(24,25)26)30-19(28-16)10-17(29-30)20(31)27-11-12-1-7-15(23)8-2-12/h1-10H,11H2,(H,27,31). The van der Waals surface area contributed by atoms with Crippen LogP contribution < -0.4 is 5.32 Å². The van der Waals surface area contributed by atoms with E-state index in [2.05, 4.69) is 31.3 Å². The predicted molar refractivity (Wildman–Crippen MR) is 114 cm³/mol. The lowest BCUT2D eigenvalue weighted by molar-refractivity contribution is -0.142. The van der Waals surface area contributed by atoms with Gasteiger partial charge in [0.1, 0.15) is 0 Å². The minimum Gasteiger partial charge on any atom is -0.347 e. The van der Waals surface area contributed by atoms with Crippen LogP contribution in [0.3, 0.4) is 0 Å². The van der Waals surface area contributed by atoms with Gasteiger partial charge in [0.05, 0.1) is 5.69 Å². The molecule has 1 N–H and O–H groups in total. The van der Waals surface area contributed by atoms with Gasteiger partial charge in [-0.2, -0.15) is 18.3 Å². The molecule has 4 rings (SSSR count). The van der Waals surface area contributed by atoms with Gasteiger partial charge >= 0.3 is 6.18 Å². The van der Waals surface area contributed by atoms with Crippen LogP contribution in [-0.2, 0) is 12.7 Å². The van der Waals surface area contributed by atoms with Gasteiger partial charge < -0.3 is 5.32 Å². The number of benzene rings is 2. The molecule has 0 aliphatic rings. The van der Waals surface area contributed by atoms with Crippen LogP contribution in [-0.4, -0.2) is 20.5 Å². The summed E-state index contributed by atoms with van der Waals surface area (Å²) in [5.74, 6) is -0.612. The fourth-order valence-corrected chi connectivity index (χ4v) is 3.32. The molecule has 2 aromatic carbocycles. The summed E-state index contributed by atoms with van der Waals surface area (Å²) in [4.78, 5) is 16.8. The molecule has 10 heteroatoms. The van der Waals surface area contributed by atoms with E-state index >= 15 is 0 Å². The summed E-state index contributed by atoms with van der Waals surface area (Å²) in [5.41, 5.74) is 0.149. The van der Waals surface area contributed by atoms with E-state index in [9.17, 15) is 18.0 Å². The second kappa shape index (κ2) is 8.32. The summed E-state index contributed by atoms with van der Waals surface area (Å²) in [5, 5.41) is 7.04. The number of carbonyl (C=O) groups excluding carboxylic acids is 1. The molecule has 0 aliphatic heterocycles. The largest absolute Gasteiger partial charge is 0.433 e. The zero-order chi connectivity index (χ0) is 22.2. The molecule has 158 valence electrons. The third-order valence-electron chi connectivity index (χ3n) is 4.46. The van der Waals surface area contributed by atoms with Crippen molar-refractivity contribution < 1.29 is 18.0 Å². The molecular formula is C21H13BrClF3N4O. The zero-order valence-electron chi connectivity index (χ0n) is 15.6. The molecule has 0 atom stereocenters. The Morgan fingerprint density at radius 3 is 2.39 bits per heavy atom. The molecule has 0 saturated carbocycles. The lowest BCUT2D eigenvalue weighted by Gasteiger charge is -2.11. The number of halogens is 5. The monoisotopic (exact) mass is 508 g/mol. The van der Waals surface area contributed by atoms with Crippen molar-refractivity contribution in [3.63, 3.8) is 0 Å². The van der Waals surface area contributed by atoms with Gasteiger partial charge in [0.15, 0.2) is 17.0 Å². The van der Waals surface area contributed by atoms with Crippen LogP contribution in [0.2, 0.25) is 5.02 Å². The van der Waals surface area contributed by atoms with Crippen LogP contribution >= 0.6 is 27.5 Å². The molecule has 2 aromatic heterocycles. The topological polar surface area (TPSA) is 59.3 Å². The van der Waals surface area contributed by atoms with Gasteiger partial charge in [0.25, 0.3) is 5.91 Å². The number of carbonyl (C=O) groups is 1. The highest BCUT2D eigenvalue weighted by Crippen LogP contribution is 2.32. The first-order valence-corrected chi connectivity index (χ1v) is 10.1. The van der Waals surface area contributed by atoms with E-state index in [1.807, 2.05) is 0 Å². The number of fused-ring (bicyclic) bond motifs is 1. The molecule has 0 saturated heterocycles. The number of aromatic nitrogens is 3. The highest BCUT2D eigenvalue weighted by Gasteiger charge is 2.35. The molecule has 0 radical (unpaired) electrons.